The Hall–Kier alpha value is 0.310. The van der Waals surface area contributed by atoms with Crippen LogP contribution in [0.4, 0.5) is 0 Å². The van der Waals surface area contributed by atoms with Gasteiger partial charge in [-0.25, -0.2) is 0 Å². The third-order valence-electron chi connectivity index (χ3n) is 2.00. The minimum Gasteiger partial charge on any atom is -0.328 e. The van der Waals surface area contributed by atoms with Crippen molar-refractivity contribution in [2.75, 3.05) is 13.2 Å². The van der Waals surface area contributed by atoms with Crippen molar-refractivity contribution in [2.24, 2.45) is 11.3 Å². The summed E-state index contributed by atoms with van der Waals surface area (Å²) in [7, 11) is -1.57. The third-order valence-corrected chi connectivity index (χ3v) is 2.74. The van der Waals surface area contributed by atoms with Crippen LogP contribution in [0.15, 0.2) is 0 Å². The van der Waals surface area contributed by atoms with Crippen molar-refractivity contribution in [3.63, 3.8) is 0 Å². The van der Waals surface area contributed by atoms with Gasteiger partial charge in [0.2, 0.25) is 0 Å². The summed E-state index contributed by atoms with van der Waals surface area (Å²) in [6.07, 6.45) is 0. The van der Waals surface area contributed by atoms with Gasteiger partial charge in [-0.15, -0.1) is 0 Å². The van der Waals surface area contributed by atoms with Gasteiger partial charge in [0.25, 0.3) is 0 Å². The van der Waals surface area contributed by atoms with Crippen molar-refractivity contribution in [3.05, 3.63) is 0 Å². The highest BCUT2D eigenvalue weighted by molar-refractivity contribution is 7.40. The first-order valence-corrected chi connectivity index (χ1v) is 4.88. The van der Waals surface area contributed by atoms with Crippen LogP contribution in [0.5, 0.6) is 0 Å². The van der Waals surface area contributed by atoms with E-state index in [0.29, 0.717) is 19.1 Å². The minimum atomic E-state index is -1.57. The Balaban J connectivity index is 2.39. The zero-order valence-corrected chi connectivity index (χ0v) is 8.10. The molecule has 1 aliphatic rings. The zero-order chi connectivity index (χ0) is 8.48. The molecule has 1 rings (SSSR count). The first-order valence-electron chi connectivity index (χ1n) is 3.75. The summed E-state index contributed by atoms with van der Waals surface area (Å²) in [6.45, 7) is 7.68. The fourth-order valence-corrected chi connectivity index (χ4v) is 1.58. The molecule has 3 nitrogen and oxygen atoms in total. The molecule has 0 amide bonds. The lowest BCUT2D eigenvalue weighted by Gasteiger charge is -2.34. The molecule has 0 spiro atoms. The molecule has 4 heteroatoms. The highest BCUT2D eigenvalue weighted by Crippen LogP contribution is 2.42. The summed E-state index contributed by atoms with van der Waals surface area (Å²) < 4.78 is 10.0. The Labute approximate surface area is 68.7 Å². The monoisotopic (exact) mass is 178 g/mol. The molecule has 0 unspecified atom stereocenters. The van der Waals surface area contributed by atoms with E-state index in [1.807, 2.05) is 0 Å². The molecule has 0 aliphatic carbocycles. The topological polar surface area (TPSA) is 38.7 Å². The second-order valence-electron chi connectivity index (χ2n) is 3.89. The fraction of sp³-hybridized carbons (Fsp3) is 1.00. The van der Waals surface area contributed by atoms with Crippen molar-refractivity contribution in [2.45, 2.75) is 20.8 Å². The van der Waals surface area contributed by atoms with Crippen LogP contribution in [-0.2, 0) is 9.05 Å². The summed E-state index contributed by atoms with van der Waals surface area (Å²) in [5, 5.41) is 0. The normalized spacial score (nSPS) is 33.8. The number of rotatable bonds is 0. The molecule has 0 aromatic rings. The molecule has 0 saturated carbocycles. The van der Waals surface area contributed by atoms with Gasteiger partial charge in [0.1, 0.15) is 0 Å². The quantitative estimate of drug-likeness (QED) is 0.576. The average molecular weight is 178 g/mol. The molecular weight excluding hydrogens is 163 g/mol. The van der Waals surface area contributed by atoms with Crippen molar-refractivity contribution < 1.29 is 13.9 Å². The molecule has 1 fully saturated rings. The Kier molecular flexibility index (Phi) is 2.87. The second kappa shape index (κ2) is 3.36. The van der Waals surface area contributed by atoms with Gasteiger partial charge in [-0.2, -0.15) is 0 Å². The first-order chi connectivity index (χ1) is 5.00. The molecule has 11 heavy (non-hydrogen) atoms. The maximum absolute atomic E-state index is 8.91. The van der Waals surface area contributed by atoms with Crippen molar-refractivity contribution in [1.82, 2.24) is 0 Å². The molecule has 0 radical (unpaired) electrons. The lowest BCUT2D eigenvalue weighted by molar-refractivity contribution is 0.0344. The summed E-state index contributed by atoms with van der Waals surface area (Å²) in [6, 6.07) is 0. The van der Waals surface area contributed by atoms with Gasteiger partial charge in [-0.3, -0.25) is 0 Å². The van der Waals surface area contributed by atoms with Crippen LogP contribution in [0.1, 0.15) is 20.8 Å². The summed E-state index contributed by atoms with van der Waals surface area (Å²) in [5.41, 5.74) is 0.205. The average Bonchev–Trinajstić information content (AvgIpc) is 1.86. The predicted molar refractivity (Wildman–Crippen MR) is 44.0 cm³/mol. The van der Waals surface area contributed by atoms with E-state index in [1.165, 1.54) is 0 Å². The van der Waals surface area contributed by atoms with E-state index in [4.69, 9.17) is 13.9 Å². The Morgan fingerprint density at radius 3 is 2.09 bits per heavy atom. The Bertz CT molecular complexity index is 124. The van der Waals surface area contributed by atoms with Gasteiger partial charge < -0.3 is 13.9 Å². The van der Waals surface area contributed by atoms with E-state index in [-0.39, 0.29) is 5.41 Å². The van der Waals surface area contributed by atoms with Crippen LogP contribution < -0.4 is 0 Å². The summed E-state index contributed by atoms with van der Waals surface area (Å²) in [5.74, 6) is 0.397. The van der Waals surface area contributed by atoms with Crippen LogP contribution >= 0.6 is 8.60 Å². The minimum absolute atomic E-state index is 0.205. The van der Waals surface area contributed by atoms with Gasteiger partial charge in [0, 0.05) is 5.92 Å². The fourth-order valence-electron chi connectivity index (χ4n) is 0.893. The van der Waals surface area contributed by atoms with Crippen molar-refractivity contribution >= 4 is 8.60 Å². The van der Waals surface area contributed by atoms with E-state index >= 15 is 0 Å². The second-order valence-corrected chi connectivity index (χ2v) is 4.88. The highest BCUT2D eigenvalue weighted by Gasteiger charge is 2.30. The van der Waals surface area contributed by atoms with E-state index in [9.17, 15) is 0 Å². The molecule has 66 valence electrons. The predicted octanol–water partition coefficient (Wildman–Crippen LogP) is 1.91. The van der Waals surface area contributed by atoms with Crippen LogP contribution in [0, 0.1) is 11.3 Å². The van der Waals surface area contributed by atoms with Crippen molar-refractivity contribution in [3.8, 4) is 0 Å². The van der Waals surface area contributed by atoms with Gasteiger partial charge in [-0.1, -0.05) is 20.8 Å². The molecule has 0 aromatic carbocycles. The van der Waals surface area contributed by atoms with Crippen LogP contribution in [-0.4, -0.2) is 18.1 Å². The molecule has 0 bridgehead atoms. The first kappa shape index (κ1) is 9.40. The van der Waals surface area contributed by atoms with E-state index < -0.39 is 8.60 Å². The molecule has 0 aromatic heterocycles. The standard InChI is InChI=1S/C7H15O3P/c1-7(2,3)6-4-9-11(8)10-5-6/h6,8H,4-5H2,1-3H3. The van der Waals surface area contributed by atoms with Crippen LogP contribution in [0.25, 0.3) is 0 Å². The molecule has 1 heterocycles. The maximum Gasteiger partial charge on any atom is 0.329 e. The number of hydrogen-bond acceptors (Lipinski definition) is 3. The smallest absolute Gasteiger partial charge is 0.328 e. The van der Waals surface area contributed by atoms with E-state index in [0.717, 1.165) is 0 Å². The largest absolute Gasteiger partial charge is 0.329 e. The molecule has 1 saturated heterocycles. The van der Waals surface area contributed by atoms with E-state index in [2.05, 4.69) is 20.8 Å². The molecule has 1 aliphatic heterocycles. The zero-order valence-electron chi connectivity index (χ0n) is 7.20. The SMILES string of the molecule is CC(C)(C)C1COP(O)OC1. The lowest BCUT2D eigenvalue weighted by atomic mass is 9.82. The Morgan fingerprint density at radius 1 is 1.27 bits per heavy atom. The van der Waals surface area contributed by atoms with Gasteiger partial charge in [-0.05, 0) is 5.41 Å². The third kappa shape index (κ3) is 2.68. The molecule has 1 N–H and O–H groups in total. The maximum atomic E-state index is 8.91. The van der Waals surface area contributed by atoms with Crippen molar-refractivity contribution in [1.29, 1.82) is 0 Å². The Morgan fingerprint density at radius 2 is 1.73 bits per heavy atom. The number of hydrogen-bond donors (Lipinski definition) is 1. The molecule has 0 atom stereocenters. The van der Waals surface area contributed by atoms with Gasteiger partial charge in [0.15, 0.2) is 0 Å². The summed E-state index contributed by atoms with van der Waals surface area (Å²) in [4.78, 5) is 8.91. The van der Waals surface area contributed by atoms with Crippen LogP contribution in [0.3, 0.4) is 0 Å². The van der Waals surface area contributed by atoms with E-state index in [1.54, 1.807) is 0 Å². The summed E-state index contributed by atoms with van der Waals surface area (Å²) >= 11 is 0. The van der Waals surface area contributed by atoms with Crippen LogP contribution in [0.2, 0.25) is 0 Å². The molecular formula is C7H15O3P. The lowest BCUT2D eigenvalue weighted by Crippen LogP contribution is -2.31. The highest BCUT2D eigenvalue weighted by atomic mass is 31.2. The van der Waals surface area contributed by atoms with Gasteiger partial charge >= 0.3 is 8.60 Å². The van der Waals surface area contributed by atoms with Gasteiger partial charge in [0.05, 0.1) is 13.2 Å².